The first-order chi connectivity index (χ1) is 16.0. The third-order valence-corrected chi connectivity index (χ3v) is 6.05. The molecule has 4 rings (SSSR count). The summed E-state index contributed by atoms with van der Waals surface area (Å²) >= 11 is 0. The van der Waals surface area contributed by atoms with E-state index in [2.05, 4.69) is 11.1 Å². The Hall–Kier alpha value is -3.54. The first kappa shape index (κ1) is 22.6. The highest BCUT2D eigenvalue weighted by atomic mass is 16.5. The number of aromatic nitrogens is 1. The topological polar surface area (TPSA) is 81.8 Å². The fraction of sp³-hybridized carbons (Fsp3) is 0.333. The second-order valence-electron chi connectivity index (χ2n) is 8.23. The normalized spacial score (nSPS) is 15.1. The van der Waals surface area contributed by atoms with Crippen LogP contribution in [0.3, 0.4) is 0 Å². The number of methoxy groups -OCH3 is 1. The molecule has 0 aliphatic heterocycles. The molecular weight excluding hydrogens is 418 g/mol. The number of carboxylic acid groups (broad SMARTS) is 1. The van der Waals surface area contributed by atoms with Gasteiger partial charge in [0, 0.05) is 12.0 Å². The van der Waals surface area contributed by atoms with Crippen LogP contribution in [-0.4, -0.2) is 29.8 Å². The van der Waals surface area contributed by atoms with Gasteiger partial charge < -0.3 is 19.0 Å². The number of fused-ring (bicyclic) bond motifs is 1. The predicted molar refractivity (Wildman–Crippen MR) is 127 cm³/mol. The Labute approximate surface area is 193 Å². The largest absolute Gasteiger partial charge is 0.496 e. The van der Waals surface area contributed by atoms with Crippen LogP contribution in [0.25, 0.3) is 17.2 Å². The highest BCUT2D eigenvalue weighted by Gasteiger charge is 2.29. The molecule has 1 heterocycles. The van der Waals surface area contributed by atoms with Crippen LogP contribution in [0.5, 0.6) is 11.5 Å². The molecule has 1 aliphatic carbocycles. The second-order valence-corrected chi connectivity index (χ2v) is 8.23. The molecular formula is C27H29NO5. The summed E-state index contributed by atoms with van der Waals surface area (Å²) in [7, 11) is 1.65. The maximum Gasteiger partial charge on any atom is 0.303 e. The number of ether oxygens (including phenoxy) is 2. The minimum absolute atomic E-state index is 0.0192. The molecule has 3 aromatic rings. The molecule has 0 spiro atoms. The summed E-state index contributed by atoms with van der Waals surface area (Å²) in [6.45, 7) is 4.30. The van der Waals surface area contributed by atoms with Gasteiger partial charge >= 0.3 is 5.97 Å². The molecule has 0 bridgehead atoms. The summed E-state index contributed by atoms with van der Waals surface area (Å²) in [6, 6.07) is 11.9. The van der Waals surface area contributed by atoms with E-state index in [9.17, 15) is 9.90 Å². The van der Waals surface area contributed by atoms with Gasteiger partial charge in [0.2, 0.25) is 5.89 Å². The smallest absolute Gasteiger partial charge is 0.303 e. The zero-order valence-corrected chi connectivity index (χ0v) is 19.3. The van der Waals surface area contributed by atoms with Gasteiger partial charge in [-0.25, -0.2) is 4.98 Å². The lowest BCUT2D eigenvalue weighted by molar-refractivity contribution is -0.137. The van der Waals surface area contributed by atoms with E-state index in [0.717, 1.165) is 58.0 Å². The van der Waals surface area contributed by atoms with Gasteiger partial charge in [0.05, 0.1) is 25.8 Å². The van der Waals surface area contributed by atoms with Gasteiger partial charge in [-0.3, -0.25) is 4.79 Å². The number of nitrogens with zero attached hydrogens (tertiary/aromatic N) is 1. The number of oxazole rings is 1. The average Bonchev–Trinajstić information content (AvgIpc) is 3.36. The van der Waals surface area contributed by atoms with Crippen molar-refractivity contribution in [2.24, 2.45) is 0 Å². The van der Waals surface area contributed by atoms with Crippen LogP contribution in [0.15, 0.2) is 46.9 Å². The number of aryl methyl sites for hydroxylation is 2. The standard InChI is InChI=1S/C27H29NO5/c1-4-7-25-28-23(17(2)33-25)12-13-32-20-14-18-10-11-19(15-26(29)30)27(18)22(16-20)21-8-5-6-9-24(21)31-3/h4-9,14,16,19H,10-13,15H2,1-3H3,(H,29,30)/b7-4+. The molecule has 0 radical (unpaired) electrons. The van der Waals surface area contributed by atoms with Crippen LogP contribution in [0, 0.1) is 6.92 Å². The van der Waals surface area contributed by atoms with Crippen LogP contribution in [0.4, 0.5) is 0 Å². The van der Waals surface area contributed by atoms with E-state index in [-0.39, 0.29) is 12.3 Å². The fourth-order valence-electron chi connectivity index (χ4n) is 4.60. The maximum absolute atomic E-state index is 11.5. The van der Waals surface area contributed by atoms with E-state index in [0.29, 0.717) is 18.9 Å². The third-order valence-electron chi connectivity index (χ3n) is 6.05. The Morgan fingerprint density at radius 2 is 2.09 bits per heavy atom. The van der Waals surface area contributed by atoms with Gasteiger partial charge in [0.1, 0.15) is 17.3 Å². The quantitative estimate of drug-likeness (QED) is 0.445. The van der Waals surface area contributed by atoms with Gasteiger partial charge in [-0.05, 0) is 73.6 Å². The van der Waals surface area contributed by atoms with Crippen molar-refractivity contribution < 1.29 is 23.8 Å². The highest BCUT2D eigenvalue weighted by Crippen LogP contribution is 2.46. The third kappa shape index (κ3) is 4.95. The lowest BCUT2D eigenvalue weighted by Crippen LogP contribution is -2.06. The average molecular weight is 448 g/mol. The molecule has 6 nitrogen and oxygen atoms in total. The van der Waals surface area contributed by atoms with Crippen molar-refractivity contribution in [3.8, 4) is 22.6 Å². The van der Waals surface area contributed by atoms with Gasteiger partial charge in [0.15, 0.2) is 0 Å². The summed E-state index contributed by atoms with van der Waals surface area (Å²) in [6.07, 6.45) is 6.14. The lowest BCUT2D eigenvalue weighted by atomic mass is 9.89. The maximum atomic E-state index is 11.5. The van der Waals surface area contributed by atoms with E-state index in [1.54, 1.807) is 7.11 Å². The molecule has 1 atom stereocenters. The van der Waals surface area contributed by atoms with Crippen LogP contribution < -0.4 is 9.47 Å². The lowest BCUT2D eigenvalue weighted by Gasteiger charge is -2.19. The molecule has 1 aliphatic rings. The Morgan fingerprint density at radius 3 is 2.85 bits per heavy atom. The SMILES string of the molecule is C/C=C/c1nc(CCOc2cc3c(c(-c4ccccc4OC)c2)C(CC(=O)O)CC3)c(C)o1. The summed E-state index contributed by atoms with van der Waals surface area (Å²) < 4.78 is 17.4. The Balaban J connectivity index is 1.63. The van der Waals surface area contributed by atoms with E-state index in [1.165, 1.54) is 0 Å². The first-order valence-electron chi connectivity index (χ1n) is 11.2. The molecule has 0 saturated heterocycles. The molecule has 172 valence electrons. The Kier molecular flexibility index (Phi) is 6.82. The molecule has 1 unspecified atom stereocenters. The summed E-state index contributed by atoms with van der Waals surface area (Å²) in [5.74, 6) is 2.12. The van der Waals surface area contributed by atoms with E-state index in [4.69, 9.17) is 13.9 Å². The van der Waals surface area contributed by atoms with Gasteiger partial charge in [-0.15, -0.1) is 0 Å². The Bertz CT molecular complexity index is 1180. The van der Waals surface area contributed by atoms with Crippen molar-refractivity contribution in [3.05, 3.63) is 70.9 Å². The zero-order valence-electron chi connectivity index (χ0n) is 19.3. The van der Waals surface area contributed by atoms with Gasteiger partial charge in [-0.2, -0.15) is 0 Å². The van der Waals surface area contributed by atoms with Crippen molar-refractivity contribution in [2.45, 2.75) is 45.4 Å². The molecule has 1 aromatic heterocycles. The van der Waals surface area contributed by atoms with E-state index < -0.39 is 5.97 Å². The number of allylic oxidation sites excluding steroid dienone is 1. The summed E-state index contributed by atoms with van der Waals surface area (Å²) in [5.41, 5.74) is 5.06. The molecule has 33 heavy (non-hydrogen) atoms. The zero-order chi connectivity index (χ0) is 23.4. The Morgan fingerprint density at radius 1 is 1.27 bits per heavy atom. The first-order valence-corrected chi connectivity index (χ1v) is 11.2. The molecule has 1 N–H and O–H groups in total. The van der Waals surface area contributed by atoms with Crippen molar-refractivity contribution >= 4 is 12.0 Å². The molecule has 0 fully saturated rings. The van der Waals surface area contributed by atoms with Crippen LogP contribution in [0.1, 0.15) is 54.2 Å². The van der Waals surface area contributed by atoms with Crippen molar-refractivity contribution in [3.63, 3.8) is 0 Å². The van der Waals surface area contributed by atoms with E-state index >= 15 is 0 Å². The highest BCUT2D eigenvalue weighted by molar-refractivity contribution is 5.78. The second kappa shape index (κ2) is 9.94. The predicted octanol–water partition coefficient (Wildman–Crippen LogP) is 5.82. The number of carbonyl (C=O) groups is 1. The monoisotopic (exact) mass is 447 g/mol. The van der Waals surface area contributed by atoms with Crippen LogP contribution in [0.2, 0.25) is 0 Å². The number of hydrogen-bond acceptors (Lipinski definition) is 5. The van der Waals surface area contributed by atoms with E-state index in [1.807, 2.05) is 56.3 Å². The number of benzene rings is 2. The number of hydrogen-bond donors (Lipinski definition) is 1. The molecule has 0 saturated carbocycles. The minimum atomic E-state index is -0.778. The van der Waals surface area contributed by atoms with Gasteiger partial charge in [0.25, 0.3) is 0 Å². The number of para-hydroxylation sites is 1. The fourth-order valence-corrected chi connectivity index (χ4v) is 4.60. The van der Waals surface area contributed by atoms with Crippen molar-refractivity contribution in [1.82, 2.24) is 4.98 Å². The van der Waals surface area contributed by atoms with Crippen molar-refractivity contribution in [2.75, 3.05) is 13.7 Å². The van der Waals surface area contributed by atoms with Crippen LogP contribution in [-0.2, 0) is 17.6 Å². The summed E-state index contributed by atoms with van der Waals surface area (Å²) in [5, 5.41) is 9.43. The molecule has 0 amide bonds. The summed E-state index contributed by atoms with van der Waals surface area (Å²) in [4.78, 5) is 16.0. The molecule has 2 aromatic carbocycles. The van der Waals surface area contributed by atoms with Crippen molar-refractivity contribution in [1.29, 1.82) is 0 Å². The van der Waals surface area contributed by atoms with Gasteiger partial charge in [-0.1, -0.05) is 24.3 Å². The molecule has 6 heteroatoms. The van der Waals surface area contributed by atoms with Crippen LogP contribution >= 0.6 is 0 Å². The number of aliphatic carboxylic acids is 1. The minimum Gasteiger partial charge on any atom is -0.496 e. The number of carboxylic acids is 1. The number of rotatable bonds is 9.